The van der Waals surface area contributed by atoms with Crippen molar-refractivity contribution < 1.29 is 26.9 Å². The van der Waals surface area contributed by atoms with Crippen LogP contribution in [0.4, 0.5) is 4.79 Å². The predicted octanol–water partition coefficient (Wildman–Crippen LogP) is 8.72. The highest BCUT2D eigenvalue weighted by Gasteiger charge is 2.31. The Morgan fingerprint density at radius 1 is 1.02 bits per heavy atom. The van der Waals surface area contributed by atoms with Gasteiger partial charge >= 0.3 is 6.09 Å². The lowest BCUT2D eigenvalue weighted by molar-refractivity contribution is 0.0474. The van der Waals surface area contributed by atoms with Crippen molar-refractivity contribution in [2.75, 3.05) is 6.61 Å². The van der Waals surface area contributed by atoms with Crippen molar-refractivity contribution in [3.63, 3.8) is 0 Å². The van der Waals surface area contributed by atoms with Crippen LogP contribution in [-0.2, 0) is 32.1 Å². The normalized spacial score (nSPS) is 13.3. The van der Waals surface area contributed by atoms with Gasteiger partial charge in [0.05, 0.1) is 17.6 Å². The van der Waals surface area contributed by atoms with Crippen molar-refractivity contribution >= 4 is 39.6 Å². The maximum atomic E-state index is 12.8. The molecular weight excluding hydrogens is 618 g/mol. The average molecular weight is 658 g/mol. The van der Waals surface area contributed by atoms with Crippen LogP contribution in [0, 0.1) is 0 Å². The number of alkyl carbamates (subject to hydrolysis) is 1. The lowest BCUT2D eigenvalue weighted by Crippen LogP contribution is -2.49. The smallest absolute Gasteiger partial charge is 0.408 e. The molecule has 0 saturated carbocycles. The zero-order valence-corrected chi connectivity index (χ0v) is 27.9. The van der Waals surface area contributed by atoms with E-state index in [2.05, 4.69) is 11.9 Å². The maximum absolute atomic E-state index is 12.8. The van der Waals surface area contributed by atoms with Gasteiger partial charge in [-0.25, -0.2) is 4.79 Å². The van der Waals surface area contributed by atoms with E-state index in [4.69, 9.17) is 25.3 Å². The fraction of sp³-hybridized carbons (Fsp3) is 0.324. The Hall–Kier alpha value is -3.24. The van der Waals surface area contributed by atoms with Gasteiger partial charge in [-0.1, -0.05) is 65.8 Å². The molecular formula is C34H40ClNO6S2. The molecule has 0 aliphatic heterocycles. The molecule has 0 bridgehead atoms. The van der Waals surface area contributed by atoms with Crippen LogP contribution in [0.3, 0.4) is 0 Å². The number of aryl methyl sites for hydroxylation is 1. The van der Waals surface area contributed by atoms with Gasteiger partial charge in [0.15, 0.2) is 0 Å². The molecule has 7 nitrogen and oxygen atoms in total. The largest absolute Gasteiger partial charge is 0.489 e. The number of carbonyl (C=O) groups is 1. The highest BCUT2D eigenvalue weighted by atomic mass is 35.5. The molecule has 3 aromatic rings. The molecule has 0 spiro atoms. The number of ether oxygens (including phenoxy) is 2. The van der Waals surface area contributed by atoms with E-state index in [1.165, 1.54) is 6.08 Å². The summed E-state index contributed by atoms with van der Waals surface area (Å²) < 4.78 is 40.8. The summed E-state index contributed by atoms with van der Waals surface area (Å²) in [5.74, 6) is 0.790. The molecule has 1 N–H and O–H groups in total. The van der Waals surface area contributed by atoms with E-state index >= 15 is 0 Å². The summed E-state index contributed by atoms with van der Waals surface area (Å²) in [5, 5.41) is 4.39. The molecule has 0 aliphatic carbocycles. The van der Waals surface area contributed by atoms with E-state index in [1.54, 1.807) is 45.5 Å². The van der Waals surface area contributed by atoms with E-state index in [-0.39, 0.29) is 13.0 Å². The van der Waals surface area contributed by atoms with E-state index in [0.717, 1.165) is 32.1 Å². The number of hydrogen-bond acceptors (Lipinski definition) is 7. The summed E-state index contributed by atoms with van der Waals surface area (Å²) in [4.78, 5) is 14.8. The highest BCUT2D eigenvalue weighted by molar-refractivity contribution is 7.99. The molecule has 3 rings (SSSR count). The number of benzene rings is 3. The summed E-state index contributed by atoms with van der Waals surface area (Å²) in [7, 11) is -3.94. The van der Waals surface area contributed by atoms with E-state index < -0.39 is 27.4 Å². The first-order valence-corrected chi connectivity index (χ1v) is 16.9. The SMILES string of the molecule is C=CCC(C=CS(=O)(=O)OCC)(CCc1ccc(Sc2ccc(OCc3ccccc3)cc2)cc1Cl)NC(=O)OC(C)(C)C. The summed E-state index contributed by atoms with van der Waals surface area (Å²) in [5.41, 5.74) is 0.100. The maximum Gasteiger partial charge on any atom is 0.408 e. The first-order valence-electron chi connectivity index (χ1n) is 14.3. The Morgan fingerprint density at radius 2 is 1.70 bits per heavy atom. The summed E-state index contributed by atoms with van der Waals surface area (Å²) in [6.45, 7) is 11.2. The zero-order chi connectivity index (χ0) is 32.2. The Labute approximate surface area is 270 Å². The third-order valence-electron chi connectivity index (χ3n) is 6.27. The quantitative estimate of drug-likeness (QED) is 0.129. The second kappa shape index (κ2) is 16.2. The molecule has 1 unspecified atom stereocenters. The molecule has 1 atom stereocenters. The van der Waals surface area contributed by atoms with Crippen LogP contribution in [0.5, 0.6) is 5.75 Å². The fourth-order valence-corrected chi connectivity index (χ4v) is 6.25. The van der Waals surface area contributed by atoms with Crippen molar-refractivity contribution in [1.82, 2.24) is 5.32 Å². The van der Waals surface area contributed by atoms with Crippen molar-refractivity contribution in [3.8, 4) is 5.75 Å². The van der Waals surface area contributed by atoms with Crippen molar-refractivity contribution in [1.29, 1.82) is 0 Å². The van der Waals surface area contributed by atoms with Crippen LogP contribution in [0.25, 0.3) is 0 Å². The standard InChI is InChI=1S/C34H40ClNO6S2/c1-6-20-34(22-23-44(38,39)41-7-2,36-32(37)42-33(3,4)5)21-19-27-13-16-30(24-31(27)35)43-29-17-14-28(15-18-29)40-25-26-11-9-8-10-12-26/h6,8-18,22-24H,1,7,19-21,25H2,2-5H3,(H,36,37). The lowest BCUT2D eigenvalue weighted by atomic mass is 9.88. The number of rotatable bonds is 15. The summed E-state index contributed by atoms with van der Waals surface area (Å²) in [6.07, 6.45) is 3.39. The fourth-order valence-electron chi connectivity index (χ4n) is 4.22. The molecule has 0 saturated heterocycles. The van der Waals surface area contributed by atoms with E-state index in [0.29, 0.717) is 24.5 Å². The van der Waals surface area contributed by atoms with Gasteiger partial charge in [0, 0.05) is 14.8 Å². The van der Waals surface area contributed by atoms with Crippen LogP contribution < -0.4 is 10.1 Å². The van der Waals surface area contributed by atoms with Crippen LogP contribution in [0.2, 0.25) is 5.02 Å². The van der Waals surface area contributed by atoms with Gasteiger partial charge in [0.1, 0.15) is 18.0 Å². The zero-order valence-electron chi connectivity index (χ0n) is 25.5. The topological polar surface area (TPSA) is 90.9 Å². The number of nitrogens with one attached hydrogen (secondary N) is 1. The second-order valence-corrected chi connectivity index (χ2v) is 14.1. The number of hydrogen-bond donors (Lipinski definition) is 1. The molecule has 0 fully saturated rings. The minimum atomic E-state index is -3.94. The third-order valence-corrected chi connectivity index (χ3v) is 8.65. The molecule has 236 valence electrons. The van der Waals surface area contributed by atoms with E-state index in [9.17, 15) is 13.2 Å². The van der Waals surface area contributed by atoms with Gasteiger partial charge in [0.25, 0.3) is 10.1 Å². The van der Waals surface area contributed by atoms with Gasteiger partial charge in [-0.3, -0.25) is 4.18 Å². The first kappa shape index (κ1) is 35.2. The predicted molar refractivity (Wildman–Crippen MR) is 178 cm³/mol. The molecule has 1 amide bonds. The molecule has 0 radical (unpaired) electrons. The van der Waals surface area contributed by atoms with Gasteiger partial charge in [-0.15, -0.1) is 6.58 Å². The Balaban J connectivity index is 1.72. The average Bonchev–Trinajstić information content (AvgIpc) is 2.95. The van der Waals surface area contributed by atoms with Crippen LogP contribution >= 0.6 is 23.4 Å². The minimum absolute atomic E-state index is 0.00717. The minimum Gasteiger partial charge on any atom is -0.489 e. The Bertz CT molecular complexity index is 1520. The van der Waals surface area contributed by atoms with Crippen LogP contribution in [0.1, 0.15) is 51.7 Å². The third kappa shape index (κ3) is 12.0. The van der Waals surface area contributed by atoms with Crippen molar-refractivity contribution in [3.05, 3.63) is 113 Å². The second-order valence-electron chi connectivity index (χ2n) is 11.1. The number of amides is 1. The summed E-state index contributed by atoms with van der Waals surface area (Å²) in [6, 6.07) is 23.7. The molecule has 10 heteroatoms. The monoisotopic (exact) mass is 657 g/mol. The first-order chi connectivity index (χ1) is 20.8. The number of halogens is 1. The van der Waals surface area contributed by atoms with Gasteiger partial charge < -0.3 is 14.8 Å². The van der Waals surface area contributed by atoms with Crippen molar-refractivity contribution in [2.45, 2.75) is 74.5 Å². The lowest BCUT2D eigenvalue weighted by Gasteiger charge is -2.32. The Morgan fingerprint density at radius 3 is 2.32 bits per heavy atom. The Kier molecular flexibility index (Phi) is 13.0. The van der Waals surface area contributed by atoms with Gasteiger partial charge in [-0.2, -0.15) is 8.42 Å². The van der Waals surface area contributed by atoms with Gasteiger partial charge in [-0.05, 0) is 101 Å². The van der Waals surface area contributed by atoms with E-state index in [1.807, 2.05) is 72.8 Å². The molecule has 0 aliphatic rings. The van der Waals surface area contributed by atoms with Crippen molar-refractivity contribution in [2.24, 2.45) is 0 Å². The van der Waals surface area contributed by atoms with Crippen LogP contribution in [-0.4, -0.2) is 32.3 Å². The van der Waals surface area contributed by atoms with Gasteiger partial charge in [0.2, 0.25) is 0 Å². The summed E-state index contributed by atoms with van der Waals surface area (Å²) >= 11 is 8.29. The molecule has 0 aromatic heterocycles. The molecule has 0 heterocycles. The molecule has 44 heavy (non-hydrogen) atoms. The van der Waals surface area contributed by atoms with Crippen LogP contribution in [0.15, 0.2) is 107 Å². The number of carbonyl (C=O) groups excluding carboxylic acids is 1. The highest BCUT2D eigenvalue weighted by Crippen LogP contribution is 2.33. The molecule has 3 aromatic carbocycles.